The SMILES string of the molecule is CCNc1cc(C)ccc1C(=O)N1CCC(C(C)O)C1. The van der Waals surface area contributed by atoms with Crippen molar-refractivity contribution >= 4 is 11.6 Å². The Morgan fingerprint density at radius 2 is 2.30 bits per heavy atom. The van der Waals surface area contributed by atoms with E-state index in [0.717, 1.165) is 36.3 Å². The van der Waals surface area contributed by atoms with Crippen LogP contribution in [0.2, 0.25) is 0 Å². The molecular formula is C16H24N2O2. The largest absolute Gasteiger partial charge is 0.393 e. The first kappa shape index (κ1) is 14.9. The van der Waals surface area contributed by atoms with Crippen LogP contribution in [0.5, 0.6) is 0 Å². The molecule has 1 aromatic rings. The Labute approximate surface area is 120 Å². The number of nitrogens with one attached hydrogen (secondary N) is 1. The number of rotatable bonds is 4. The first-order chi connectivity index (χ1) is 9.52. The standard InChI is InChI=1S/C16H24N2O2/c1-4-17-15-9-11(2)5-6-14(15)16(20)18-8-7-13(10-18)12(3)19/h5-6,9,12-13,17,19H,4,7-8,10H2,1-3H3. The lowest BCUT2D eigenvalue weighted by molar-refractivity contribution is 0.0763. The van der Waals surface area contributed by atoms with E-state index in [1.165, 1.54) is 0 Å². The van der Waals surface area contributed by atoms with Crippen molar-refractivity contribution in [1.29, 1.82) is 0 Å². The van der Waals surface area contributed by atoms with Crippen LogP contribution < -0.4 is 5.32 Å². The second kappa shape index (κ2) is 6.27. The molecule has 4 nitrogen and oxygen atoms in total. The van der Waals surface area contributed by atoms with E-state index in [1.807, 2.05) is 36.9 Å². The number of anilines is 1. The minimum Gasteiger partial charge on any atom is -0.393 e. The number of carbonyl (C=O) groups excluding carboxylic acids is 1. The molecule has 1 aromatic carbocycles. The lowest BCUT2D eigenvalue weighted by atomic mass is 10.0. The molecule has 1 saturated heterocycles. The summed E-state index contributed by atoms with van der Waals surface area (Å²) in [7, 11) is 0. The molecule has 4 heteroatoms. The van der Waals surface area contributed by atoms with Gasteiger partial charge in [0.1, 0.15) is 0 Å². The van der Waals surface area contributed by atoms with Gasteiger partial charge in [0.2, 0.25) is 0 Å². The van der Waals surface area contributed by atoms with Gasteiger partial charge in [0.05, 0.1) is 11.7 Å². The molecule has 2 unspecified atom stereocenters. The zero-order valence-electron chi connectivity index (χ0n) is 12.5. The second-order valence-corrected chi connectivity index (χ2v) is 5.62. The fraction of sp³-hybridized carbons (Fsp3) is 0.562. The first-order valence-electron chi connectivity index (χ1n) is 7.34. The van der Waals surface area contributed by atoms with Gasteiger partial charge in [-0.05, 0) is 44.9 Å². The number of hydrogen-bond acceptors (Lipinski definition) is 3. The van der Waals surface area contributed by atoms with Crippen LogP contribution in [0.25, 0.3) is 0 Å². The van der Waals surface area contributed by atoms with Gasteiger partial charge in [0.15, 0.2) is 0 Å². The van der Waals surface area contributed by atoms with Crippen molar-refractivity contribution in [3.05, 3.63) is 29.3 Å². The van der Waals surface area contributed by atoms with Crippen LogP contribution in [0, 0.1) is 12.8 Å². The van der Waals surface area contributed by atoms with Gasteiger partial charge in [-0.25, -0.2) is 0 Å². The molecule has 0 aromatic heterocycles. The highest BCUT2D eigenvalue weighted by atomic mass is 16.3. The molecule has 110 valence electrons. The van der Waals surface area contributed by atoms with E-state index < -0.39 is 0 Å². The quantitative estimate of drug-likeness (QED) is 0.887. The van der Waals surface area contributed by atoms with Crippen molar-refractivity contribution < 1.29 is 9.90 Å². The fourth-order valence-corrected chi connectivity index (χ4v) is 2.72. The molecule has 1 amide bonds. The smallest absolute Gasteiger partial charge is 0.255 e. The van der Waals surface area contributed by atoms with E-state index in [2.05, 4.69) is 5.32 Å². The van der Waals surface area contributed by atoms with E-state index in [0.29, 0.717) is 6.54 Å². The van der Waals surface area contributed by atoms with Gasteiger partial charge in [0, 0.05) is 31.2 Å². The summed E-state index contributed by atoms with van der Waals surface area (Å²) < 4.78 is 0. The van der Waals surface area contributed by atoms with Crippen molar-refractivity contribution in [2.75, 3.05) is 25.0 Å². The number of amides is 1. The van der Waals surface area contributed by atoms with Gasteiger partial charge in [-0.1, -0.05) is 6.07 Å². The average molecular weight is 276 g/mol. The molecule has 0 spiro atoms. The third kappa shape index (κ3) is 3.12. The Balaban J connectivity index is 2.17. The summed E-state index contributed by atoms with van der Waals surface area (Å²) in [5.74, 6) is 0.260. The Hall–Kier alpha value is -1.55. The number of benzene rings is 1. The zero-order valence-corrected chi connectivity index (χ0v) is 12.5. The average Bonchev–Trinajstić information content (AvgIpc) is 2.88. The van der Waals surface area contributed by atoms with E-state index in [4.69, 9.17) is 0 Å². The molecular weight excluding hydrogens is 252 g/mol. The van der Waals surface area contributed by atoms with Crippen molar-refractivity contribution in [1.82, 2.24) is 4.90 Å². The molecule has 2 rings (SSSR count). The number of likely N-dealkylation sites (tertiary alicyclic amines) is 1. The summed E-state index contributed by atoms with van der Waals surface area (Å²) in [6.07, 6.45) is 0.533. The number of carbonyl (C=O) groups is 1. The summed E-state index contributed by atoms with van der Waals surface area (Å²) in [5.41, 5.74) is 2.77. The summed E-state index contributed by atoms with van der Waals surface area (Å²) >= 11 is 0. The molecule has 1 aliphatic rings. The minimum absolute atomic E-state index is 0.0594. The van der Waals surface area contributed by atoms with Gasteiger partial charge in [-0.3, -0.25) is 4.79 Å². The van der Waals surface area contributed by atoms with Crippen LogP contribution in [-0.4, -0.2) is 41.7 Å². The molecule has 1 heterocycles. The molecule has 20 heavy (non-hydrogen) atoms. The van der Waals surface area contributed by atoms with Crippen molar-refractivity contribution in [3.63, 3.8) is 0 Å². The maximum Gasteiger partial charge on any atom is 0.255 e. The van der Waals surface area contributed by atoms with Gasteiger partial charge in [-0.2, -0.15) is 0 Å². The van der Waals surface area contributed by atoms with Crippen LogP contribution in [0.3, 0.4) is 0 Å². The molecule has 1 fully saturated rings. The molecule has 2 N–H and O–H groups in total. The van der Waals surface area contributed by atoms with E-state index in [-0.39, 0.29) is 17.9 Å². The summed E-state index contributed by atoms with van der Waals surface area (Å²) in [6.45, 7) is 8.02. The van der Waals surface area contributed by atoms with Gasteiger partial charge in [0.25, 0.3) is 5.91 Å². The third-order valence-corrected chi connectivity index (χ3v) is 3.97. The van der Waals surface area contributed by atoms with Crippen molar-refractivity contribution in [2.24, 2.45) is 5.92 Å². The minimum atomic E-state index is -0.348. The van der Waals surface area contributed by atoms with Gasteiger partial charge in [-0.15, -0.1) is 0 Å². The molecule has 0 aliphatic carbocycles. The highest BCUT2D eigenvalue weighted by molar-refractivity contribution is 5.99. The Morgan fingerprint density at radius 3 is 2.90 bits per heavy atom. The summed E-state index contributed by atoms with van der Waals surface area (Å²) in [5, 5.41) is 12.9. The second-order valence-electron chi connectivity index (χ2n) is 5.62. The maximum atomic E-state index is 12.6. The Morgan fingerprint density at radius 1 is 1.55 bits per heavy atom. The van der Waals surface area contributed by atoms with E-state index in [1.54, 1.807) is 6.92 Å². The molecule has 1 aliphatic heterocycles. The number of aliphatic hydroxyl groups excluding tert-OH is 1. The molecule has 0 radical (unpaired) electrons. The molecule has 0 saturated carbocycles. The topological polar surface area (TPSA) is 52.6 Å². The molecule has 0 bridgehead atoms. The zero-order chi connectivity index (χ0) is 14.7. The summed E-state index contributed by atoms with van der Waals surface area (Å²) in [4.78, 5) is 14.5. The number of nitrogens with zero attached hydrogens (tertiary/aromatic N) is 1. The fourth-order valence-electron chi connectivity index (χ4n) is 2.72. The monoisotopic (exact) mass is 276 g/mol. The van der Waals surface area contributed by atoms with Crippen LogP contribution >= 0.6 is 0 Å². The first-order valence-corrected chi connectivity index (χ1v) is 7.34. The van der Waals surface area contributed by atoms with Crippen molar-refractivity contribution in [2.45, 2.75) is 33.3 Å². The lowest BCUT2D eigenvalue weighted by Crippen LogP contribution is -2.31. The number of hydrogen-bond donors (Lipinski definition) is 2. The van der Waals surface area contributed by atoms with Gasteiger partial charge < -0.3 is 15.3 Å². The summed E-state index contributed by atoms with van der Waals surface area (Å²) in [6, 6.07) is 5.88. The predicted octanol–water partition coefficient (Wildman–Crippen LogP) is 2.27. The van der Waals surface area contributed by atoms with Crippen LogP contribution in [0.1, 0.15) is 36.2 Å². The van der Waals surface area contributed by atoms with Crippen molar-refractivity contribution in [3.8, 4) is 0 Å². The highest BCUT2D eigenvalue weighted by Crippen LogP contribution is 2.25. The maximum absolute atomic E-state index is 12.6. The van der Waals surface area contributed by atoms with E-state index >= 15 is 0 Å². The predicted molar refractivity (Wildman–Crippen MR) is 81.0 cm³/mol. The van der Waals surface area contributed by atoms with Crippen LogP contribution in [0.4, 0.5) is 5.69 Å². The Kier molecular flexibility index (Phi) is 4.65. The number of aryl methyl sites for hydroxylation is 1. The van der Waals surface area contributed by atoms with Crippen LogP contribution in [-0.2, 0) is 0 Å². The van der Waals surface area contributed by atoms with Crippen LogP contribution in [0.15, 0.2) is 18.2 Å². The number of aliphatic hydroxyl groups is 1. The molecule has 2 atom stereocenters. The van der Waals surface area contributed by atoms with Gasteiger partial charge >= 0.3 is 0 Å². The Bertz CT molecular complexity index is 485. The van der Waals surface area contributed by atoms with E-state index in [9.17, 15) is 9.90 Å². The third-order valence-electron chi connectivity index (χ3n) is 3.97. The highest BCUT2D eigenvalue weighted by Gasteiger charge is 2.30. The lowest BCUT2D eigenvalue weighted by Gasteiger charge is -2.20. The normalized spacial score (nSPS) is 20.0.